The summed E-state index contributed by atoms with van der Waals surface area (Å²) in [6.07, 6.45) is 0. The van der Waals surface area contributed by atoms with E-state index in [1.807, 2.05) is 27.7 Å². The average molecular weight is 290 g/mol. The van der Waals surface area contributed by atoms with Gasteiger partial charge in [-0.25, -0.2) is 0 Å². The van der Waals surface area contributed by atoms with Crippen molar-refractivity contribution < 1.29 is 4.79 Å². The van der Waals surface area contributed by atoms with Crippen LogP contribution in [0.3, 0.4) is 0 Å². The molecular weight excluding hydrogens is 268 g/mol. The maximum absolute atomic E-state index is 12.0. The Bertz CT molecular complexity index is 534. The second-order valence-electron chi connectivity index (χ2n) is 5.57. The van der Waals surface area contributed by atoms with Gasteiger partial charge in [0.25, 0.3) is 0 Å². The molecule has 3 nitrogen and oxygen atoms in total. The number of thioether (sulfide) groups is 1. The molecule has 0 unspecified atom stereocenters. The Hall–Kier alpha value is -1.47. The van der Waals surface area contributed by atoms with Crippen molar-refractivity contribution >= 4 is 17.7 Å². The first-order chi connectivity index (χ1) is 9.28. The predicted octanol–water partition coefficient (Wildman–Crippen LogP) is 3.45. The van der Waals surface area contributed by atoms with Gasteiger partial charge in [0, 0.05) is 4.90 Å². The molecule has 0 spiro atoms. The van der Waals surface area contributed by atoms with Crippen molar-refractivity contribution in [1.29, 1.82) is 5.26 Å². The zero-order valence-corrected chi connectivity index (χ0v) is 13.6. The van der Waals surface area contributed by atoms with E-state index in [1.165, 1.54) is 22.9 Å². The summed E-state index contributed by atoms with van der Waals surface area (Å²) in [4.78, 5) is 13.1. The molecule has 0 bridgehead atoms. The molecule has 4 heteroatoms. The Kier molecular flexibility index (Phi) is 5.64. The van der Waals surface area contributed by atoms with Gasteiger partial charge in [0.15, 0.2) is 0 Å². The van der Waals surface area contributed by atoms with E-state index in [2.05, 4.69) is 29.6 Å². The number of nitrogens with one attached hydrogen (secondary N) is 1. The summed E-state index contributed by atoms with van der Waals surface area (Å²) in [5, 5.41) is 12.0. The van der Waals surface area contributed by atoms with Crippen LogP contribution in [0.2, 0.25) is 0 Å². The summed E-state index contributed by atoms with van der Waals surface area (Å²) >= 11 is 1.51. The number of carbonyl (C=O) groups is 1. The Labute approximate surface area is 125 Å². The summed E-state index contributed by atoms with van der Waals surface area (Å²) in [5.74, 6) is 0.296. The van der Waals surface area contributed by atoms with E-state index < -0.39 is 5.54 Å². The molecule has 0 fully saturated rings. The number of aryl methyl sites for hydroxylation is 2. The minimum atomic E-state index is -0.806. The SMILES string of the molecule is Cc1ccc(C)c(SCC(=O)N[C@@](C)(C#N)C(C)C)c1. The van der Waals surface area contributed by atoms with Crippen molar-refractivity contribution in [3.05, 3.63) is 29.3 Å². The molecule has 0 radical (unpaired) electrons. The number of hydrogen-bond acceptors (Lipinski definition) is 3. The number of carbonyl (C=O) groups excluding carboxylic acids is 1. The zero-order chi connectivity index (χ0) is 15.3. The number of amides is 1. The van der Waals surface area contributed by atoms with Crippen molar-refractivity contribution in [2.75, 3.05) is 5.75 Å². The standard InChI is InChI=1S/C16H22N2OS/c1-11(2)16(5,10-17)18-15(19)9-20-14-8-12(3)6-7-13(14)4/h6-8,11H,9H2,1-5H3,(H,18,19)/t16-/m0/s1. The molecule has 108 valence electrons. The first-order valence-corrected chi connectivity index (χ1v) is 7.69. The third kappa shape index (κ3) is 4.28. The van der Waals surface area contributed by atoms with Crippen molar-refractivity contribution in [1.82, 2.24) is 5.32 Å². The molecular formula is C16H22N2OS. The maximum atomic E-state index is 12.0. The minimum Gasteiger partial charge on any atom is -0.337 e. The van der Waals surface area contributed by atoms with Gasteiger partial charge in [-0.1, -0.05) is 31.5 Å². The molecule has 0 saturated carbocycles. The van der Waals surface area contributed by atoms with E-state index in [4.69, 9.17) is 0 Å². The maximum Gasteiger partial charge on any atom is 0.231 e. The summed E-state index contributed by atoms with van der Waals surface area (Å²) < 4.78 is 0. The highest BCUT2D eigenvalue weighted by Crippen LogP contribution is 2.24. The van der Waals surface area contributed by atoms with E-state index in [-0.39, 0.29) is 11.8 Å². The van der Waals surface area contributed by atoms with Crippen molar-refractivity contribution in [3.8, 4) is 6.07 Å². The third-order valence-corrected chi connectivity index (χ3v) is 4.65. The minimum absolute atomic E-state index is 0.0714. The van der Waals surface area contributed by atoms with Crippen LogP contribution >= 0.6 is 11.8 Å². The van der Waals surface area contributed by atoms with E-state index in [9.17, 15) is 10.1 Å². The second-order valence-corrected chi connectivity index (χ2v) is 6.59. The lowest BCUT2D eigenvalue weighted by Crippen LogP contribution is -2.49. The van der Waals surface area contributed by atoms with Crippen LogP contribution in [-0.4, -0.2) is 17.2 Å². The predicted molar refractivity (Wildman–Crippen MR) is 83.6 cm³/mol. The molecule has 20 heavy (non-hydrogen) atoms. The van der Waals surface area contributed by atoms with Gasteiger partial charge in [-0.15, -0.1) is 11.8 Å². The van der Waals surface area contributed by atoms with Gasteiger partial charge in [-0.05, 0) is 38.3 Å². The fourth-order valence-electron chi connectivity index (χ4n) is 1.63. The van der Waals surface area contributed by atoms with Crippen molar-refractivity contribution in [2.24, 2.45) is 5.92 Å². The Balaban J connectivity index is 2.65. The van der Waals surface area contributed by atoms with Gasteiger partial charge < -0.3 is 5.32 Å². The second kappa shape index (κ2) is 6.81. The first kappa shape index (κ1) is 16.6. The van der Waals surface area contributed by atoms with Crippen molar-refractivity contribution in [2.45, 2.75) is 45.1 Å². The normalized spacial score (nSPS) is 13.7. The number of nitriles is 1. The molecule has 0 aliphatic carbocycles. The molecule has 1 N–H and O–H groups in total. The topological polar surface area (TPSA) is 52.9 Å². The first-order valence-electron chi connectivity index (χ1n) is 6.71. The van der Waals surface area contributed by atoms with Crippen LogP contribution in [-0.2, 0) is 4.79 Å². The highest BCUT2D eigenvalue weighted by molar-refractivity contribution is 8.00. The Morgan fingerprint density at radius 1 is 1.45 bits per heavy atom. The number of hydrogen-bond donors (Lipinski definition) is 1. The van der Waals surface area contributed by atoms with E-state index in [0.29, 0.717) is 5.75 Å². The molecule has 1 rings (SSSR count). The summed E-state index contributed by atoms with van der Waals surface area (Å²) in [6, 6.07) is 8.39. The van der Waals surface area contributed by atoms with E-state index >= 15 is 0 Å². The lowest BCUT2D eigenvalue weighted by molar-refractivity contribution is -0.120. The smallest absolute Gasteiger partial charge is 0.231 e. The Morgan fingerprint density at radius 3 is 2.65 bits per heavy atom. The summed E-state index contributed by atoms with van der Waals surface area (Å²) in [6.45, 7) is 9.70. The van der Waals surface area contributed by atoms with Crippen LogP contribution in [0.5, 0.6) is 0 Å². The number of nitrogens with zero attached hydrogens (tertiary/aromatic N) is 1. The monoisotopic (exact) mass is 290 g/mol. The van der Waals surface area contributed by atoms with Gasteiger partial charge in [-0.3, -0.25) is 4.79 Å². The van der Waals surface area contributed by atoms with E-state index in [1.54, 1.807) is 6.92 Å². The van der Waals surface area contributed by atoms with Crippen molar-refractivity contribution in [3.63, 3.8) is 0 Å². The lowest BCUT2D eigenvalue weighted by atomic mass is 9.90. The van der Waals surface area contributed by atoms with Gasteiger partial charge in [0.2, 0.25) is 5.91 Å². The van der Waals surface area contributed by atoms with Gasteiger partial charge in [0.1, 0.15) is 5.54 Å². The molecule has 0 saturated heterocycles. The van der Waals surface area contributed by atoms with Crippen LogP contribution < -0.4 is 5.32 Å². The highest BCUT2D eigenvalue weighted by Gasteiger charge is 2.29. The fourth-order valence-corrected chi connectivity index (χ4v) is 2.56. The molecule has 0 aromatic heterocycles. The van der Waals surface area contributed by atoms with Crippen LogP contribution in [0.4, 0.5) is 0 Å². The third-order valence-electron chi connectivity index (χ3n) is 3.49. The molecule has 0 aliphatic rings. The van der Waals surface area contributed by atoms with Crippen LogP contribution in [0, 0.1) is 31.1 Å². The molecule has 1 amide bonds. The van der Waals surface area contributed by atoms with Crippen LogP contribution in [0.1, 0.15) is 31.9 Å². The van der Waals surface area contributed by atoms with Gasteiger partial charge in [-0.2, -0.15) is 5.26 Å². The quantitative estimate of drug-likeness (QED) is 0.845. The van der Waals surface area contributed by atoms with Crippen LogP contribution in [0.15, 0.2) is 23.1 Å². The lowest BCUT2D eigenvalue weighted by Gasteiger charge is -2.27. The summed E-state index contributed by atoms with van der Waals surface area (Å²) in [7, 11) is 0. The van der Waals surface area contributed by atoms with Crippen LogP contribution in [0.25, 0.3) is 0 Å². The molecule has 1 atom stereocenters. The zero-order valence-electron chi connectivity index (χ0n) is 12.8. The largest absolute Gasteiger partial charge is 0.337 e. The van der Waals surface area contributed by atoms with Gasteiger partial charge in [0.05, 0.1) is 11.8 Å². The number of rotatable bonds is 5. The molecule has 1 aromatic carbocycles. The molecule has 0 heterocycles. The fraction of sp³-hybridized carbons (Fsp3) is 0.500. The Morgan fingerprint density at radius 2 is 2.10 bits per heavy atom. The van der Waals surface area contributed by atoms with E-state index in [0.717, 1.165) is 4.90 Å². The summed E-state index contributed by atoms with van der Waals surface area (Å²) in [5.41, 5.74) is 1.54. The molecule has 1 aromatic rings. The van der Waals surface area contributed by atoms with Gasteiger partial charge >= 0.3 is 0 Å². The highest BCUT2D eigenvalue weighted by atomic mass is 32.2. The molecule has 0 aliphatic heterocycles. The average Bonchev–Trinajstić information content (AvgIpc) is 2.39. The number of benzene rings is 1.